The number of carbonyl (C=O) groups excluding carboxylic acids is 2. The van der Waals surface area contributed by atoms with E-state index in [1.807, 2.05) is 42.3 Å². The van der Waals surface area contributed by atoms with Gasteiger partial charge in [-0.05, 0) is 54.2 Å². The van der Waals surface area contributed by atoms with E-state index in [1.165, 1.54) is 0 Å². The number of carbonyl (C=O) groups is 2. The first-order valence-corrected chi connectivity index (χ1v) is 11.0. The second-order valence-electron chi connectivity index (χ2n) is 8.36. The highest BCUT2D eigenvalue weighted by Crippen LogP contribution is 2.35. The summed E-state index contributed by atoms with van der Waals surface area (Å²) in [6, 6.07) is 16.0. The Morgan fingerprint density at radius 2 is 1.72 bits per heavy atom. The molecular formula is C26H28N4O2. The van der Waals surface area contributed by atoms with Gasteiger partial charge in [-0.1, -0.05) is 36.4 Å². The lowest BCUT2D eigenvalue weighted by Crippen LogP contribution is -2.45. The highest BCUT2D eigenvalue weighted by Gasteiger charge is 2.45. The van der Waals surface area contributed by atoms with Gasteiger partial charge >= 0.3 is 0 Å². The average molecular weight is 429 g/mol. The minimum Gasteiger partial charge on any atom is -0.356 e. The molecule has 1 aliphatic rings. The Bertz CT molecular complexity index is 1050. The molecule has 2 amide bonds. The van der Waals surface area contributed by atoms with Crippen LogP contribution in [0.2, 0.25) is 0 Å². The van der Waals surface area contributed by atoms with E-state index in [1.54, 1.807) is 18.6 Å². The molecule has 1 fully saturated rings. The first-order chi connectivity index (χ1) is 15.6. The van der Waals surface area contributed by atoms with Crippen molar-refractivity contribution >= 4 is 11.8 Å². The van der Waals surface area contributed by atoms with Crippen LogP contribution in [0.25, 0.3) is 11.1 Å². The van der Waals surface area contributed by atoms with E-state index >= 15 is 0 Å². The second kappa shape index (κ2) is 9.73. The van der Waals surface area contributed by atoms with Gasteiger partial charge in [0.1, 0.15) is 0 Å². The number of benzene rings is 1. The van der Waals surface area contributed by atoms with Crippen molar-refractivity contribution in [3.05, 3.63) is 84.4 Å². The van der Waals surface area contributed by atoms with E-state index in [9.17, 15) is 9.59 Å². The lowest BCUT2D eigenvalue weighted by Gasteiger charge is -2.28. The highest BCUT2D eigenvalue weighted by molar-refractivity contribution is 5.86. The lowest BCUT2D eigenvalue weighted by molar-refractivity contribution is -0.132. The van der Waals surface area contributed by atoms with Gasteiger partial charge in [-0.2, -0.15) is 0 Å². The van der Waals surface area contributed by atoms with Crippen LogP contribution in [0.15, 0.2) is 73.3 Å². The van der Waals surface area contributed by atoms with E-state index in [2.05, 4.69) is 39.6 Å². The summed E-state index contributed by atoms with van der Waals surface area (Å²) in [5, 5.41) is 3.00. The van der Waals surface area contributed by atoms with Crippen LogP contribution in [-0.2, 0) is 22.4 Å². The van der Waals surface area contributed by atoms with Crippen LogP contribution in [-0.4, -0.2) is 46.3 Å². The zero-order chi connectivity index (χ0) is 22.4. The molecular weight excluding hydrogens is 400 g/mol. The van der Waals surface area contributed by atoms with Crippen LogP contribution in [0.3, 0.4) is 0 Å². The maximum absolute atomic E-state index is 13.1. The van der Waals surface area contributed by atoms with Crippen molar-refractivity contribution in [2.75, 3.05) is 19.6 Å². The molecule has 1 N–H and O–H groups in total. The summed E-state index contributed by atoms with van der Waals surface area (Å²) in [4.78, 5) is 36.1. The Morgan fingerprint density at radius 3 is 2.38 bits per heavy atom. The molecule has 1 aliphatic heterocycles. The fourth-order valence-electron chi connectivity index (χ4n) is 4.37. The number of aromatic nitrogens is 2. The van der Waals surface area contributed by atoms with Gasteiger partial charge in [-0.25, -0.2) is 0 Å². The van der Waals surface area contributed by atoms with E-state index in [4.69, 9.17) is 0 Å². The van der Waals surface area contributed by atoms with E-state index in [0.29, 0.717) is 38.9 Å². The first-order valence-electron chi connectivity index (χ1n) is 11.0. The zero-order valence-electron chi connectivity index (χ0n) is 18.3. The number of hydrogen-bond donors (Lipinski definition) is 1. The Labute approximate surface area is 188 Å². The quantitative estimate of drug-likeness (QED) is 0.627. The Hall–Kier alpha value is -3.54. The van der Waals surface area contributed by atoms with Crippen molar-refractivity contribution in [3.63, 3.8) is 0 Å². The molecule has 0 radical (unpaired) electrons. The summed E-state index contributed by atoms with van der Waals surface area (Å²) in [5.74, 6) is 0.0594. The van der Waals surface area contributed by atoms with E-state index in [-0.39, 0.29) is 11.8 Å². The van der Waals surface area contributed by atoms with Gasteiger partial charge in [0, 0.05) is 44.4 Å². The van der Waals surface area contributed by atoms with Crippen molar-refractivity contribution < 1.29 is 9.59 Å². The van der Waals surface area contributed by atoms with Crippen molar-refractivity contribution in [2.45, 2.75) is 26.2 Å². The normalized spacial score (nSPS) is 17.8. The summed E-state index contributed by atoms with van der Waals surface area (Å²) in [5.41, 5.74) is 3.51. The molecule has 3 aromatic rings. The van der Waals surface area contributed by atoms with Gasteiger partial charge in [-0.15, -0.1) is 0 Å². The number of nitrogens with one attached hydrogen (secondary N) is 1. The van der Waals surface area contributed by atoms with Gasteiger partial charge in [0.05, 0.1) is 11.8 Å². The predicted octanol–water partition coefficient (Wildman–Crippen LogP) is 3.28. The Kier molecular flexibility index (Phi) is 6.59. The summed E-state index contributed by atoms with van der Waals surface area (Å²) >= 11 is 0. The molecule has 0 aliphatic carbocycles. The summed E-state index contributed by atoms with van der Waals surface area (Å²) in [6.45, 7) is 3.52. The number of rotatable bonds is 7. The maximum Gasteiger partial charge on any atom is 0.228 e. The molecule has 0 unspecified atom stereocenters. The number of nitrogens with zero attached hydrogens (tertiary/aromatic N) is 3. The fourth-order valence-corrected chi connectivity index (χ4v) is 4.37. The van der Waals surface area contributed by atoms with Crippen LogP contribution in [0.1, 0.15) is 24.5 Å². The number of hydrogen-bond acceptors (Lipinski definition) is 4. The maximum atomic E-state index is 13.1. The van der Waals surface area contributed by atoms with E-state index in [0.717, 1.165) is 22.3 Å². The van der Waals surface area contributed by atoms with Crippen molar-refractivity contribution in [2.24, 2.45) is 5.41 Å². The summed E-state index contributed by atoms with van der Waals surface area (Å²) < 4.78 is 0. The third-order valence-corrected chi connectivity index (χ3v) is 6.09. The SMILES string of the molecule is CCNC(=O)[C@@]1(Cc2ccc(-c3cccnc3)cc2)CCN(C(=O)Cc2cccnc2)C1. The smallest absolute Gasteiger partial charge is 0.228 e. The third kappa shape index (κ3) is 4.85. The molecule has 1 aromatic carbocycles. The first kappa shape index (κ1) is 21.7. The minimum atomic E-state index is -0.615. The van der Waals surface area contributed by atoms with E-state index < -0.39 is 5.41 Å². The van der Waals surface area contributed by atoms with Crippen molar-refractivity contribution in [1.29, 1.82) is 0 Å². The molecule has 1 saturated heterocycles. The molecule has 0 saturated carbocycles. The van der Waals surface area contributed by atoms with Crippen LogP contribution >= 0.6 is 0 Å². The molecule has 6 heteroatoms. The van der Waals surface area contributed by atoms with Crippen LogP contribution in [0, 0.1) is 5.41 Å². The molecule has 32 heavy (non-hydrogen) atoms. The molecule has 2 aromatic heterocycles. The van der Waals surface area contributed by atoms with Crippen LogP contribution in [0.4, 0.5) is 0 Å². The lowest BCUT2D eigenvalue weighted by atomic mass is 9.79. The molecule has 1 atom stereocenters. The van der Waals surface area contributed by atoms with Crippen LogP contribution in [0.5, 0.6) is 0 Å². The van der Waals surface area contributed by atoms with Crippen LogP contribution < -0.4 is 5.32 Å². The van der Waals surface area contributed by atoms with Gasteiger partial charge in [0.15, 0.2) is 0 Å². The van der Waals surface area contributed by atoms with Crippen molar-refractivity contribution in [1.82, 2.24) is 20.2 Å². The second-order valence-corrected chi connectivity index (χ2v) is 8.36. The zero-order valence-corrected chi connectivity index (χ0v) is 18.3. The average Bonchev–Trinajstić information content (AvgIpc) is 3.26. The van der Waals surface area contributed by atoms with Crippen molar-refractivity contribution in [3.8, 4) is 11.1 Å². The number of pyridine rings is 2. The third-order valence-electron chi connectivity index (χ3n) is 6.09. The fraction of sp³-hybridized carbons (Fsp3) is 0.308. The number of amides is 2. The standard InChI is InChI=1S/C26H28N4O2/c1-2-29-25(32)26(11-14-30(19-26)24(31)15-21-5-3-12-27-17-21)16-20-7-9-22(10-8-20)23-6-4-13-28-18-23/h3-10,12-13,17-18H,2,11,14-16,19H2,1H3,(H,29,32)/t26-/m1/s1. The number of likely N-dealkylation sites (tertiary alicyclic amines) is 1. The van der Waals surface area contributed by atoms with Gasteiger partial charge in [0.2, 0.25) is 11.8 Å². The Balaban J connectivity index is 1.50. The van der Waals surface area contributed by atoms with Gasteiger partial charge in [0.25, 0.3) is 0 Å². The molecule has 3 heterocycles. The highest BCUT2D eigenvalue weighted by atomic mass is 16.2. The summed E-state index contributed by atoms with van der Waals surface area (Å²) in [7, 11) is 0. The molecule has 4 rings (SSSR count). The Morgan fingerprint density at radius 1 is 0.969 bits per heavy atom. The molecule has 0 bridgehead atoms. The largest absolute Gasteiger partial charge is 0.356 e. The molecule has 6 nitrogen and oxygen atoms in total. The van der Waals surface area contributed by atoms with Gasteiger partial charge in [-0.3, -0.25) is 19.6 Å². The predicted molar refractivity (Wildman–Crippen MR) is 124 cm³/mol. The molecule has 164 valence electrons. The minimum absolute atomic E-state index is 0.0213. The molecule has 0 spiro atoms. The summed E-state index contributed by atoms with van der Waals surface area (Å²) in [6.07, 6.45) is 8.57. The van der Waals surface area contributed by atoms with Gasteiger partial charge < -0.3 is 10.2 Å². The topological polar surface area (TPSA) is 75.2 Å². The monoisotopic (exact) mass is 428 g/mol.